The van der Waals surface area contributed by atoms with Crippen LogP contribution in [0.1, 0.15) is 52.9 Å². The van der Waals surface area contributed by atoms with Crippen molar-refractivity contribution in [3.8, 4) is 0 Å². The second-order valence-electron chi connectivity index (χ2n) is 4.42. The molecule has 0 N–H and O–H groups in total. The SMILES string of the molecule is CC(C)C1CCCCC1.CC(F)(F)F. The van der Waals surface area contributed by atoms with Gasteiger partial charge in [-0.3, -0.25) is 0 Å². The summed E-state index contributed by atoms with van der Waals surface area (Å²) in [4.78, 5) is 0. The van der Waals surface area contributed by atoms with Crippen LogP contribution in [0.5, 0.6) is 0 Å². The molecule has 0 spiro atoms. The predicted molar refractivity (Wildman–Crippen MR) is 53.1 cm³/mol. The Hall–Kier alpha value is -0.210. The maximum absolute atomic E-state index is 10.4. The first-order valence-electron chi connectivity index (χ1n) is 5.37. The zero-order valence-electron chi connectivity index (χ0n) is 9.32. The van der Waals surface area contributed by atoms with E-state index in [4.69, 9.17) is 0 Å². The van der Waals surface area contributed by atoms with E-state index in [2.05, 4.69) is 13.8 Å². The molecule has 14 heavy (non-hydrogen) atoms. The van der Waals surface area contributed by atoms with Gasteiger partial charge in [-0.25, -0.2) is 0 Å². The quantitative estimate of drug-likeness (QED) is 0.583. The highest BCUT2D eigenvalue weighted by molar-refractivity contribution is 4.67. The number of alkyl halides is 3. The lowest BCUT2D eigenvalue weighted by Gasteiger charge is -2.24. The van der Waals surface area contributed by atoms with Crippen molar-refractivity contribution in [2.45, 2.75) is 59.1 Å². The molecule has 1 aliphatic rings. The molecule has 86 valence electrons. The highest BCUT2D eigenvalue weighted by Gasteiger charge is 2.16. The average Bonchev–Trinajstić information content (AvgIpc) is 2.03. The first-order chi connectivity index (χ1) is 6.30. The summed E-state index contributed by atoms with van der Waals surface area (Å²) in [6, 6.07) is 0. The fraction of sp³-hybridized carbons (Fsp3) is 1.00. The molecule has 1 aliphatic carbocycles. The molecule has 0 radical (unpaired) electrons. The summed E-state index contributed by atoms with van der Waals surface area (Å²) in [5, 5.41) is 0. The normalized spacial score (nSPS) is 19.1. The summed E-state index contributed by atoms with van der Waals surface area (Å²) in [7, 11) is 0. The van der Waals surface area contributed by atoms with Crippen LogP contribution in [0.2, 0.25) is 0 Å². The van der Waals surface area contributed by atoms with Gasteiger partial charge in [-0.1, -0.05) is 46.0 Å². The lowest BCUT2D eigenvalue weighted by molar-refractivity contribution is -0.110. The summed E-state index contributed by atoms with van der Waals surface area (Å²) >= 11 is 0. The van der Waals surface area contributed by atoms with Crippen molar-refractivity contribution in [2.75, 3.05) is 0 Å². The Morgan fingerprint density at radius 3 is 1.57 bits per heavy atom. The highest BCUT2D eigenvalue weighted by Crippen LogP contribution is 2.29. The van der Waals surface area contributed by atoms with Crippen molar-refractivity contribution in [1.82, 2.24) is 0 Å². The van der Waals surface area contributed by atoms with Gasteiger partial charge < -0.3 is 0 Å². The molecule has 0 aromatic rings. The molecule has 0 amide bonds. The van der Waals surface area contributed by atoms with Gasteiger partial charge in [0, 0.05) is 6.92 Å². The second-order valence-corrected chi connectivity index (χ2v) is 4.42. The molecule has 0 aromatic carbocycles. The predicted octanol–water partition coefficient (Wildman–Crippen LogP) is 4.79. The van der Waals surface area contributed by atoms with E-state index in [1.54, 1.807) is 0 Å². The zero-order chi connectivity index (χ0) is 11.2. The molecule has 0 aromatic heterocycles. The van der Waals surface area contributed by atoms with Gasteiger partial charge in [0.25, 0.3) is 0 Å². The molecule has 0 unspecified atom stereocenters. The van der Waals surface area contributed by atoms with Gasteiger partial charge in [-0.05, 0) is 11.8 Å². The minimum atomic E-state index is -4.00. The summed E-state index contributed by atoms with van der Waals surface area (Å²) in [5.41, 5.74) is 0. The minimum absolute atomic E-state index is 0.188. The maximum Gasteiger partial charge on any atom is 0.386 e. The standard InChI is InChI=1S/C9H18.C2H3F3/c1-8(2)9-6-4-3-5-7-9;1-2(3,4)5/h8-9H,3-7H2,1-2H3;1H3. The first-order valence-corrected chi connectivity index (χ1v) is 5.37. The number of halogens is 3. The Labute approximate surface area is 84.9 Å². The summed E-state index contributed by atoms with van der Waals surface area (Å²) < 4.78 is 31.1. The number of hydrogen-bond donors (Lipinski definition) is 0. The van der Waals surface area contributed by atoms with E-state index in [-0.39, 0.29) is 6.92 Å². The topological polar surface area (TPSA) is 0 Å². The lowest BCUT2D eigenvalue weighted by atomic mass is 9.82. The largest absolute Gasteiger partial charge is 0.386 e. The van der Waals surface area contributed by atoms with Crippen molar-refractivity contribution in [3.05, 3.63) is 0 Å². The van der Waals surface area contributed by atoms with Crippen molar-refractivity contribution < 1.29 is 13.2 Å². The Morgan fingerprint density at radius 2 is 1.36 bits per heavy atom. The molecule has 0 atom stereocenters. The molecular formula is C11H21F3. The molecule has 0 nitrogen and oxygen atoms in total. The molecule has 1 fully saturated rings. The fourth-order valence-corrected chi connectivity index (χ4v) is 1.80. The monoisotopic (exact) mass is 210 g/mol. The van der Waals surface area contributed by atoms with Gasteiger partial charge in [0.05, 0.1) is 0 Å². The van der Waals surface area contributed by atoms with Crippen LogP contribution < -0.4 is 0 Å². The van der Waals surface area contributed by atoms with Crippen LogP contribution in [-0.2, 0) is 0 Å². The van der Waals surface area contributed by atoms with Crippen molar-refractivity contribution in [2.24, 2.45) is 11.8 Å². The van der Waals surface area contributed by atoms with Gasteiger partial charge in [0.15, 0.2) is 0 Å². The van der Waals surface area contributed by atoms with Gasteiger partial charge >= 0.3 is 6.18 Å². The third kappa shape index (κ3) is 9.87. The summed E-state index contributed by atoms with van der Waals surface area (Å²) in [6.45, 7) is 4.90. The highest BCUT2D eigenvalue weighted by atomic mass is 19.4. The zero-order valence-corrected chi connectivity index (χ0v) is 9.32. The molecule has 1 saturated carbocycles. The Bertz CT molecular complexity index is 126. The summed E-state index contributed by atoms with van der Waals surface area (Å²) in [6.07, 6.45) is 3.46. The molecule has 0 bridgehead atoms. The molecule has 0 heterocycles. The first kappa shape index (κ1) is 13.8. The molecular weight excluding hydrogens is 189 g/mol. The minimum Gasteiger partial charge on any atom is -0.172 e. The van der Waals surface area contributed by atoms with Crippen molar-refractivity contribution >= 4 is 0 Å². The van der Waals surface area contributed by atoms with E-state index in [9.17, 15) is 13.2 Å². The number of rotatable bonds is 1. The van der Waals surface area contributed by atoms with Crippen LogP contribution in [0.25, 0.3) is 0 Å². The van der Waals surface area contributed by atoms with Crippen LogP contribution in [0.3, 0.4) is 0 Å². The van der Waals surface area contributed by atoms with Crippen LogP contribution in [0.4, 0.5) is 13.2 Å². The fourth-order valence-electron chi connectivity index (χ4n) is 1.80. The van der Waals surface area contributed by atoms with Crippen LogP contribution in [0.15, 0.2) is 0 Å². The van der Waals surface area contributed by atoms with E-state index in [1.807, 2.05) is 0 Å². The smallest absolute Gasteiger partial charge is 0.172 e. The van der Waals surface area contributed by atoms with E-state index < -0.39 is 6.18 Å². The van der Waals surface area contributed by atoms with E-state index >= 15 is 0 Å². The Balaban J connectivity index is 0.000000292. The Kier molecular flexibility index (Phi) is 6.21. The van der Waals surface area contributed by atoms with Gasteiger partial charge in [-0.15, -0.1) is 0 Å². The molecule has 3 heteroatoms. The van der Waals surface area contributed by atoms with Crippen LogP contribution >= 0.6 is 0 Å². The van der Waals surface area contributed by atoms with E-state index in [0.717, 1.165) is 11.8 Å². The van der Waals surface area contributed by atoms with Crippen LogP contribution in [0, 0.1) is 11.8 Å². The third-order valence-electron chi connectivity index (χ3n) is 2.59. The van der Waals surface area contributed by atoms with Crippen molar-refractivity contribution in [1.29, 1.82) is 0 Å². The van der Waals surface area contributed by atoms with Crippen molar-refractivity contribution in [3.63, 3.8) is 0 Å². The van der Waals surface area contributed by atoms with Gasteiger partial charge in [0.2, 0.25) is 0 Å². The van der Waals surface area contributed by atoms with Gasteiger partial charge in [-0.2, -0.15) is 13.2 Å². The maximum atomic E-state index is 10.4. The molecule has 0 aliphatic heterocycles. The number of hydrogen-bond acceptors (Lipinski definition) is 0. The lowest BCUT2D eigenvalue weighted by Crippen LogP contribution is -2.12. The average molecular weight is 210 g/mol. The summed E-state index contributed by atoms with van der Waals surface area (Å²) in [5.74, 6) is 1.99. The van der Waals surface area contributed by atoms with E-state index in [1.165, 1.54) is 32.1 Å². The van der Waals surface area contributed by atoms with E-state index in [0.29, 0.717) is 0 Å². The second kappa shape index (κ2) is 6.31. The third-order valence-corrected chi connectivity index (χ3v) is 2.59. The molecule has 0 saturated heterocycles. The molecule has 1 rings (SSSR count). The Morgan fingerprint density at radius 1 is 1.00 bits per heavy atom. The van der Waals surface area contributed by atoms with Gasteiger partial charge in [0.1, 0.15) is 0 Å². The van der Waals surface area contributed by atoms with Crippen LogP contribution in [-0.4, -0.2) is 6.18 Å².